The normalized spacial score (nSPS) is 12.8. The molecule has 0 heterocycles. The third-order valence-corrected chi connectivity index (χ3v) is 5.90. The molecule has 0 N–H and O–H groups in total. The molecule has 0 aliphatic carbocycles. The summed E-state index contributed by atoms with van der Waals surface area (Å²) in [6.07, 6.45) is 1.01. The van der Waals surface area contributed by atoms with Crippen LogP contribution in [0.3, 0.4) is 0 Å². The van der Waals surface area contributed by atoms with Gasteiger partial charge in [0.15, 0.2) is 0 Å². The van der Waals surface area contributed by atoms with Gasteiger partial charge < -0.3 is 9.64 Å². The number of rotatable bonds is 14. The van der Waals surface area contributed by atoms with Gasteiger partial charge in [-0.25, -0.2) is 4.39 Å². The molecular formula is C26H32Cl2FNO3. The first-order chi connectivity index (χ1) is 15.9. The number of nitrogens with zero attached hydrogens (tertiary/aromatic N) is 1. The number of ketones is 1. The Bertz CT molecular complexity index is 868. The monoisotopic (exact) mass is 495 g/mol. The van der Waals surface area contributed by atoms with Gasteiger partial charge in [0, 0.05) is 42.9 Å². The average molecular weight is 496 g/mol. The van der Waals surface area contributed by atoms with Crippen molar-refractivity contribution in [1.82, 2.24) is 0 Å². The number of alkyl halides is 2. The van der Waals surface area contributed by atoms with E-state index >= 15 is 0 Å². The van der Waals surface area contributed by atoms with E-state index in [2.05, 4.69) is 4.90 Å². The minimum absolute atomic E-state index is 0.00477. The molecule has 0 unspecified atom stereocenters. The molecule has 0 saturated heterocycles. The van der Waals surface area contributed by atoms with Gasteiger partial charge in [-0.1, -0.05) is 31.2 Å². The summed E-state index contributed by atoms with van der Waals surface area (Å²) in [6, 6.07) is 14.0. The Balaban J connectivity index is 2.02. The summed E-state index contributed by atoms with van der Waals surface area (Å²) < 4.78 is 18.4. The van der Waals surface area contributed by atoms with Crippen LogP contribution in [0.1, 0.15) is 31.4 Å². The largest absolute Gasteiger partial charge is 0.466 e. The van der Waals surface area contributed by atoms with Crippen LogP contribution in [0.15, 0.2) is 48.5 Å². The van der Waals surface area contributed by atoms with Crippen LogP contribution in [0.5, 0.6) is 0 Å². The third kappa shape index (κ3) is 8.98. The number of benzene rings is 2. The number of hydrogen-bond acceptors (Lipinski definition) is 4. The number of ether oxygens (including phenoxy) is 1. The molecule has 2 aromatic carbocycles. The summed E-state index contributed by atoms with van der Waals surface area (Å²) in [5.41, 5.74) is 2.88. The molecule has 180 valence electrons. The second kappa shape index (κ2) is 14.2. The molecule has 2 atom stereocenters. The topological polar surface area (TPSA) is 46.6 Å². The molecule has 2 aromatic rings. The summed E-state index contributed by atoms with van der Waals surface area (Å²) in [7, 11) is 0. The molecule has 0 spiro atoms. The van der Waals surface area contributed by atoms with E-state index in [0.29, 0.717) is 37.7 Å². The highest BCUT2D eigenvalue weighted by Crippen LogP contribution is 2.21. The van der Waals surface area contributed by atoms with Crippen molar-refractivity contribution in [3.63, 3.8) is 0 Å². The minimum Gasteiger partial charge on any atom is -0.466 e. The number of carbonyl (C=O) groups is 2. The maximum atomic E-state index is 13.2. The van der Waals surface area contributed by atoms with E-state index in [-0.39, 0.29) is 30.5 Å². The van der Waals surface area contributed by atoms with Gasteiger partial charge >= 0.3 is 5.97 Å². The van der Waals surface area contributed by atoms with Gasteiger partial charge in [0.1, 0.15) is 11.6 Å². The molecule has 0 radical (unpaired) electrons. The van der Waals surface area contributed by atoms with Crippen molar-refractivity contribution >= 4 is 40.6 Å². The zero-order valence-corrected chi connectivity index (χ0v) is 20.7. The summed E-state index contributed by atoms with van der Waals surface area (Å²) in [5.74, 6) is -0.533. The van der Waals surface area contributed by atoms with Crippen LogP contribution in [0.2, 0.25) is 0 Å². The Labute approximate surface area is 206 Å². The lowest BCUT2D eigenvalue weighted by atomic mass is 9.88. The quantitative estimate of drug-likeness (QED) is 0.250. The van der Waals surface area contributed by atoms with E-state index in [1.54, 1.807) is 19.1 Å². The number of esters is 1. The molecule has 2 rings (SSSR count). The van der Waals surface area contributed by atoms with Gasteiger partial charge in [0.05, 0.1) is 12.5 Å². The second-order valence-corrected chi connectivity index (χ2v) is 8.84. The van der Waals surface area contributed by atoms with Crippen molar-refractivity contribution in [2.45, 2.75) is 33.1 Å². The molecule has 4 nitrogen and oxygen atoms in total. The van der Waals surface area contributed by atoms with E-state index in [1.807, 2.05) is 31.2 Å². The predicted molar refractivity (Wildman–Crippen MR) is 133 cm³/mol. The zero-order valence-electron chi connectivity index (χ0n) is 19.2. The van der Waals surface area contributed by atoms with Crippen molar-refractivity contribution in [2.75, 3.05) is 36.4 Å². The van der Waals surface area contributed by atoms with Crippen LogP contribution in [-0.4, -0.2) is 43.2 Å². The van der Waals surface area contributed by atoms with Gasteiger partial charge in [0.25, 0.3) is 0 Å². The predicted octanol–water partition coefficient (Wildman–Crippen LogP) is 5.67. The molecule has 0 aromatic heterocycles. The Hall–Kier alpha value is -2.11. The van der Waals surface area contributed by atoms with E-state index in [4.69, 9.17) is 27.9 Å². The molecule has 0 bridgehead atoms. The van der Waals surface area contributed by atoms with Crippen LogP contribution < -0.4 is 4.90 Å². The number of anilines is 1. The maximum Gasteiger partial charge on any atom is 0.309 e. The van der Waals surface area contributed by atoms with Crippen molar-refractivity contribution in [1.29, 1.82) is 0 Å². The van der Waals surface area contributed by atoms with Crippen molar-refractivity contribution in [3.05, 3.63) is 65.5 Å². The minimum atomic E-state index is -0.590. The fourth-order valence-electron chi connectivity index (χ4n) is 3.73. The Morgan fingerprint density at radius 1 is 0.939 bits per heavy atom. The van der Waals surface area contributed by atoms with E-state index in [9.17, 15) is 14.0 Å². The van der Waals surface area contributed by atoms with Crippen LogP contribution in [0, 0.1) is 17.7 Å². The first kappa shape index (κ1) is 27.1. The van der Waals surface area contributed by atoms with E-state index in [0.717, 1.165) is 16.8 Å². The highest BCUT2D eigenvalue weighted by atomic mass is 35.5. The smallest absolute Gasteiger partial charge is 0.309 e. The highest BCUT2D eigenvalue weighted by Gasteiger charge is 2.26. The molecule has 0 aliphatic heterocycles. The number of halogens is 3. The molecule has 0 amide bonds. The van der Waals surface area contributed by atoms with Gasteiger partial charge in [-0.3, -0.25) is 9.59 Å². The van der Waals surface area contributed by atoms with Crippen molar-refractivity contribution < 1.29 is 18.7 Å². The van der Waals surface area contributed by atoms with Crippen LogP contribution in [0.25, 0.3) is 0 Å². The molecular weight excluding hydrogens is 464 g/mol. The van der Waals surface area contributed by atoms with E-state index in [1.165, 1.54) is 12.1 Å². The first-order valence-electron chi connectivity index (χ1n) is 11.3. The van der Waals surface area contributed by atoms with Crippen LogP contribution in [-0.2, 0) is 27.2 Å². The molecule has 7 heteroatoms. The molecule has 0 saturated carbocycles. The summed E-state index contributed by atoms with van der Waals surface area (Å²) in [6.45, 7) is 5.29. The number of Topliss-reactive ketones (excluding diaryl/α,β-unsaturated/α-hetero) is 1. The van der Waals surface area contributed by atoms with Gasteiger partial charge in [-0.2, -0.15) is 0 Å². The SMILES string of the molecule is CCOC(=O)[C@@H](CC(=O)[C@@H](C)Cc1ccc(N(CCCl)CCCl)cc1)Cc1ccc(F)cc1. The van der Waals surface area contributed by atoms with Crippen LogP contribution >= 0.6 is 23.2 Å². The van der Waals surface area contributed by atoms with E-state index < -0.39 is 11.9 Å². The molecule has 0 fully saturated rings. The van der Waals surface area contributed by atoms with Gasteiger partial charge in [-0.05, 0) is 55.2 Å². The van der Waals surface area contributed by atoms with Crippen molar-refractivity contribution in [2.24, 2.45) is 11.8 Å². The zero-order chi connectivity index (χ0) is 24.2. The summed E-state index contributed by atoms with van der Waals surface area (Å²) >= 11 is 11.8. The van der Waals surface area contributed by atoms with Gasteiger partial charge in [-0.15, -0.1) is 23.2 Å². The standard InChI is InChI=1S/C26H32Cl2FNO3/c1-3-33-26(32)22(17-21-4-8-23(29)9-5-21)18-25(31)19(2)16-20-6-10-24(11-7-20)30(14-12-27)15-13-28/h4-11,19,22H,3,12-18H2,1-2H3/t19-,22+/m0/s1. The van der Waals surface area contributed by atoms with Gasteiger partial charge in [0.2, 0.25) is 0 Å². The first-order valence-corrected chi connectivity index (χ1v) is 12.3. The average Bonchev–Trinajstić information content (AvgIpc) is 2.80. The summed E-state index contributed by atoms with van der Waals surface area (Å²) in [5, 5.41) is 0. The lowest BCUT2D eigenvalue weighted by Gasteiger charge is -2.23. The maximum absolute atomic E-state index is 13.2. The molecule has 0 aliphatic rings. The fraction of sp³-hybridized carbons (Fsp3) is 0.462. The number of carbonyl (C=O) groups excluding carboxylic acids is 2. The van der Waals surface area contributed by atoms with Crippen molar-refractivity contribution in [3.8, 4) is 0 Å². The second-order valence-electron chi connectivity index (χ2n) is 8.09. The lowest BCUT2D eigenvalue weighted by Crippen LogP contribution is -2.27. The fourth-order valence-corrected chi connectivity index (χ4v) is 4.14. The number of hydrogen-bond donors (Lipinski definition) is 0. The molecule has 33 heavy (non-hydrogen) atoms. The highest BCUT2D eigenvalue weighted by molar-refractivity contribution is 6.18. The Kier molecular flexibility index (Phi) is 11.7. The van der Waals surface area contributed by atoms with Crippen LogP contribution in [0.4, 0.5) is 10.1 Å². The summed E-state index contributed by atoms with van der Waals surface area (Å²) in [4.78, 5) is 27.5. The Morgan fingerprint density at radius 2 is 1.48 bits per heavy atom. The third-order valence-electron chi connectivity index (χ3n) is 5.56. The lowest BCUT2D eigenvalue weighted by molar-refractivity contribution is -0.149. The Morgan fingerprint density at radius 3 is 2.03 bits per heavy atom.